The predicted octanol–water partition coefficient (Wildman–Crippen LogP) is 3.43. The van der Waals surface area contributed by atoms with Crippen molar-refractivity contribution in [3.05, 3.63) is 54.1 Å². The molecule has 7 heteroatoms. The molecule has 3 heterocycles. The van der Waals surface area contributed by atoms with E-state index in [1.807, 2.05) is 23.1 Å². The van der Waals surface area contributed by atoms with Crippen molar-refractivity contribution in [2.45, 2.75) is 25.3 Å². The van der Waals surface area contributed by atoms with Gasteiger partial charge in [-0.15, -0.1) is 0 Å². The van der Waals surface area contributed by atoms with E-state index in [2.05, 4.69) is 63.5 Å². The largest absolute Gasteiger partial charge is 0.371 e. The number of hydrogen-bond donors (Lipinski definition) is 2. The molecule has 1 amide bonds. The number of anilines is 1. The Bertz CT molecular complexity index is 1210. The summed E-state index contributed by atoms with van der Waals surface area (Å²) in [4.78, 5) is 22.7. The number of nitriles is 1. The van der Waals surface area contributed by atoms with Gasteiger partial charge in [0.15, 0.2) is 0 Å². The Hall–Kier alpha value is -3.34. The number of carbonyl (C=O) groups excluding carboxylic acids is 1. The van der Waals surface area contributed by atoms with E-state index in [9.17, 15) is 4.79 Å². The number of piperidine rings is 1. The molecule has 0 aliphatic carbocycles. The summed E-state index contributed by atoms with van der Waals surface area (Å²) in [6.07, 6.45) is 2.75. The number of nitrogens with zero attached hydrogens (tertiary/aromatic N) is 4. The van der Waals surface area contributed by atoms with Crippen LogP contribution in [0.2, 0.25) is 0 Å². The number of aromatic nitrogens is 1. The third-order valence-electron chi connectivity index (χ3n) is 7.39. The third-order valence-corrected chi connectivity index (χ3v) is 7.39. The van der Waals surface area contributed by atoms with E-state index >= 15 is 0 Å². The zero-order valence-electron chi connectivity index (χ0n) is 20.5. The number of benzene rings is 2. The molecule has 5 rings (SSSR count). The molecule has 2 N–H and O–H groups in total. The lowest BCUT2D eigenvalue weighted by atomic mass is 10.0. The molecule has 35 heavy (non-hydrogen) atoms. The van der Waals surface area contributed by atoms with Crippen LogP contribution in [0.1, 0.15) is 24.8 Å². The molecular formula is C28H34N6O. The minimum atomic E-state index is 0.278. The Kier molecular flexibility index (Phi) is 7.03. The Morgan fingerprint density at radius 1 is 1.06 bits per heavy atom. The lowest BCUT2D eigenvalue weighted by Crippen LogP contribution is -2.48. The fourth-order valence-electron chi connectivity index (χ4n) is 5.17. The summed E-state index contributed by atoms with van der Waals surface area (Å²) >= 11 is 0. The highest BCUT2D eigenvalue weighted by Gasteiger charge is 2.21. The number of hydrogen-bond acceptors (Lipinski definition) is 5. The molecule has 0 spiro atoms. The first-order valence-corrected chi connectivity index (χ1v) is 12.7. The first-order chi connectivity index (χ1) is 17.1. The molecule has 0 saturated carbocycles. The number of amides is 1. The van der Waals surface area contributed by atoms with Gasteiger partial charge < -0.3 is 25.0 Å². The number of carbonyl (C=O) groups is 1. The van der Waals surface area contributed by atoms with Gasteiger partial charge in [-0.3, -0.25) is 4.79 Å². The van der Waals surface area contributed by atoms with Crippen molar-refractivity contribution in [3.8, 4) is 17.3 Å². The van der Waals surface area contributed by atoms with Crippen molar-refractivity contribution >= 4 is 22.5 Å². The highest BCUT2D eigenvalue weighted by molar-refractivity contribution is 5.87. The number of likely N-dealkylation sites (N-methyl/N-ethyl adjacent to an activating group) is 1. The molecule has 2 fully saturated rings. The summed E-state index contributed by atoms with van der Waals surface area (Å²) in [5.74, 6) is 0.278. The van der Waals surface area contributed by atoms with Gasteiger partial charge in [0.25, 0.3) is 0 Å². The Morgan fingerprint density at radius 2 is 1.86 bits per heavy atom. The first-order valence-electron chi connectivity index (χ1n) is 12.7. The van der Waals surface area contributed by atoms with Gasteiger partial charge in [0.2, 0.25) is 5.91 Å². The van der Waals surface area contributed by atoms with Gasteiger partial charge in [-0.05, 0) is 61.9 Å². The number of fused-ring (bicyclic) bond motifs is 1. The van der Waals surface area contributed by atoms with E-state index < -0.39 is 0 Å². The van der Waals surface area contributed by atoms with Gasteiger partial charge in [0.1, 0.15) is 0 Å². The number of piperazine rings is 1. The molecule has 3 aromatic rings. The predicted molar refractivity (Wildman–Crippen MR) is 140 cm³/mol. The third kappa shape index (κ3) is 5.50. The number of aromatic amines is 1. The second-order valence-electron chi connectivity index (χ2n) is 9.80. The van der Waals surface area contributed by atoms with Gasteiger partial charge in [-0.25, -0.2) is 0 Å². The Labute approximate surface area is 207 Å². The quantitative estimate of drug-likeness (QED) is 0.577. The summed E-state index contributed by atoms with van der Waals surface area (Å²) in [6, 6.07) is 19.2. The topological polar surface area (TPSA) is 78.4 Å². The standard InChI is InChI=1S/C28H34N6O/c1-32-13-15-34(16-14-32)28(35)7-10-30-24-8-11-33(12-9-24)25-4-2-3-22(18-25)27-19-23-17-21(20-29)5-6-26(23)31-27/h2-6,17-19,24,30-31H,7-16H2,1H3. The molecule has 182 valence electrons. The SMILES string of the molecule is CN1CCN(C(=O)CCNC2CCN(c3cccc(-c4cc5cc(C#N)ccc5[nH]4)c3)CC2)CC1. The van der Waals surface area contributed by atoms with Crippen LogP contribution >= 0.6 is 0 Å². The number of H-pyrrole nitrogens is 1. The maximum Gasteiger partial charge on any atom is 0.223 e. The summed E-state index contributed by atoms with van der Waals surface area (Å²) in [6.45, 7) is 6.43. The molecule has 0 bridgehead atoms. The van der Waals surface area contributed by atoms with Crippen molar-refractivity contribution in [3.63, 3.8) is 0 Å². The second-order valence-corrected chi connectivity index (χ2v) is 9.80. The smallest absolute Gasteiger partial charge is 0.223 e. The zero-order chi connectivity index (χ0) is 24.2. The molecule has 0 unspecified atom stereocenters. The van der Waals surface area contributed by atoms with Gasteiger partial charge in [-0.1, -0.05) is 12.1 Å². The van der Waals surface area contributed by atoms with Crippen LogP contribution in [0.5, 0.6) is 0 Å². The van der Waals surface area contributed by atoms with Crippen molar-refractivity contribution < 1.29 is 4.79 Å². The normalized spacial score (nSPS) is 17.6. The van der Waals surface area contributed by atoms with Crippen LogP contribution in [-0.4, -0.2) is 79.6 Å². The van der Waals surface area contributed by atoms with Crippen LogP contribution in [0.25, 0.3) is 22.2 Å². The van der Waals surface area contributed by atoms with Gasteiger partial charge in [-0.2, -0.15) is 5.26 Å². The van der Waals surface area contributed by atoms with E-state index in [1.54, 1.807) is 0 Å². The summed E-state index contributed by atoms with van der Waals surface area (Å²) in [5, 5.41) is 13.8. The molecule has 2 aliphatic heterocycles. The number of rotatable bonds is 6. The summed E-state index contributed by atoms with van der Waals surface area (Å²) in [5.41, 5.74) is 5.18. The van der Waals surface area contributed by atoms with E-state index in [1.165, 1.54) is 5.69 Å². The molecule has 2 saturated heterocycles. The maximum absolute atomic E-state index is 12.5. The van der Waals surface area contributed by atoms with Gasteiger partial charge in [0.05, 0.1) is 11.6 Å². The van der Waals surface area contributed by atoms with Crippen LogP contribution in [0.4, 0.5) is 5.69 Å². The van der Waals surface area contributed by atoms with E-state index in [-0.39, 0.29) is 5.91 Å². The van der Waals surface area contributed by atoms with Crippen LogP contribution in [0, 0.1) is 11.3 Å². The molecule has 2 aliphatic rings. The highest BCUT2D eigenvalue weighted by atomic mass is 16.2. The molecule has 0 atom stereocenters. The summed E-state index contributed by atoms with van der Waals surface area (Å²) in [7, 11) is 2.11. The Balaban J connectivity index is 1.13. The fraction of sp³-hybridized carbons (Fsp3) is 0.429. The van der Waals surface area contributed by atoms with Crippen LogP contribution < -0.4 is 10.2 Å². The molecule has 0 radical (unpaired) electrons. The lowest BCUT2D eigenvalue weighted by Gasteiger charge is -2.35. The second kappa shape index (κ2) is 10.5. The van der Waals surface area contributed by atoms with Crippen LogP contribution in [0.15, 0.2) is 48.5 Å². The lowest BCUT2D eigenvalue weighted by molar-refractivity contribution is -0.132. The van der Waals surface area contributed by atoms with E-state index in [0.717, 1.165) is 80.8 Å². The first kappa shape index (κ1) is 23.4. The molecule has 7 nitrogen and oxygen atoms in total. The van der Waals surface area contributed by atoms with Crippen molar-refractivity contribution in [2.75, 3.05) is 57.8 Å². The van der Waals surface area contributed by atoms with Crippen molar-refractivity contribution in [1.82, 2.24) is 20.1 Å². The minimum Gasteiger partial charge on any atom is -0.371 e. The zero-order valence-corrected chi connectivity index (χ0v) is 20.5. The van der Waals surface area contributed by atoms with E-state index in [4.69, 9.17) is 5.26 Å². The van der Waals surface area contributed by atoms with Gasteiger partial charge >= 0.3 is 0 Å². The fourth-order valence-corrected chi connectivity index (χ4v) is 5.17. The summed E-state index contributed by atoms with van der Waals surface area (Å²) < 4.78 is 0. The highest BCUT2D eigenvalue weighted by Crippen LogP contribution is 2.29. The molecule has 2 aromatic carbocycles. The maximum atomic E-state index is 12.5. The van der Waals surface area contributed by atoms with Crippen molar-refractivity contribution in [2.24, 2.45) is 0 Å². The van der Waals surface area contributed by atoms with Gasteiger partial charge in [0, 0.05) is 80.6 Å². The molecule has 1 aromatic heterocycles. The van der Waals surface area contributed by atoms with Crippen molar-refractivity contribution in [1.29, 1.82) is 5.26 Å². The van der Waals surface area contributed by atoms with E-state index in [0.29, 0.717) is 18.0 Å². The average Bonchev–Trinajstić information content (AvgIpc) is 3.33. The molecular weight excluding hydrogens is 436 g/mol. The monoisotopic (exact) mass is 470 g/mol. The minimum absolute atomic E-state index is 0.278. The van der Waals surface area contributed by atoms with Crippen LogP contribution in [-0.2, 0) is 4.79 Å². The Morgan fingerprint density at radius 3 is 2.63 bits per heavy atom. The average molecular weight is 471 g/mol. The van der Waals surface area contributed by atoms with Crippen LogP contribution in [0.3, 0.4) is 0 Å². The number of nitrogens with one attached hydrogen (secondary N) is 2.